The molecule has 12 unspecified atom stereocenters. The van der Waals surface area contributed by atoms with Crippen LogP contribution in [0.25, 0.3) is 0 Å². The molecule has 2 aliphatic rings. The van der Waals surface area contributed by atoms with Gasteiger partial charge in [0.25, 0.3) is 0 Å². The predicted molar refractivity (Wildman–Crippen MR) is 286 cm³/mol. The van der Waals surface area contributed by atoms with E-state index in [2.05, 4.69) is 43.5 Å². The molecule has 2 saturated heterocycles. The zero-order valence-corrected chi connectivity index (χ0v) is 45.2. The summed E-state index contributed by atoms with van der Waals surface area (Å²) in [6.45, 7) is 2.69. The van der Waals surface area contributed by atoms with Crippen molar-refractivity contribution in [3.05, 3.63) is 36.5 Å². The highest BCUT2D eigenvalue weighted by Crippen LogP contribution is 2.30. The average molecular weight is 1030 g/mol. The summed E-state index contributed by atoms with van der Waals surface area (Å²) in [5, 5.41) is 86.5. The van der Waals surface area contributed by atoms with Crippen LogP contribution in [0.3, 0.4) is 0 Å². The number of carbonyl (C=O) groups is 1. The van der Waals surface area contributed by atoms with E-state index in [0.717, 1.165) is 57.8 Å². The fraction of sp³-hybridized carbons (Fsp3) is 0.879. The monoisotopic (exact) mass is 1030 g/mol. The fourth-order valence-electron chi connectivity index (χ4n) is 9.56. The van der Waals surface area contributed by atoms with E-state index >= 15 is 0 Å². The van der Waals surface area contributed by atoms with Crippen LogP contribution < -0.4 is 5.32 Å². The second-order valence-corrected chi connectivity index (χ2v) is 20.8. The first-order valence-corrected chi connectivity index (χ1v) is 29.2. The van der Waals surface area contributed by atoms with E-state index in [-0.39, 0.29) is 18.9 Å². The van der Waals surface area contributed by atoms with Gasteiger partial charge in [-0.2, -0.15) is 0 Å². The van der Waals surface area contributed by atoms with Gasteiger partial charge in [0.1, 0.15) is 48.8 Å². The minimum absolute atomic E-state index is 0.263. The minimum Gasteiger partial charge on any atom is -0.394 e. The van der Waals surface area contributed by atoms with Crippen molar-refractivity contribution in [1.82, 2.24) is 5.32 Å². The van der Waals surface area contributed by atoms with Crippen molar-refractivity contribution < 1.29 is 64.6 Å². The van der Waals surface area contributed by atoms with Crippen molar-refractivity contribution in [1.29, 1.82) is 0 Å². The standard InChI is InChI=1S/C58H107NO13/c1-3-5-7-9-11-12-13-14-15-16-17-18-19-20-21-22-23-24-25-26-27-28-29-30-31-32-33-34-35-36-37-39-41-47(62)46(59-50(63)42-40-38-10-8-6-4-2)45-69-57-55(68)53(66)56(49(44-61)71-57)72-58-54(67)52(65)51(64)48(43-60)70-58/h30-31,34-35,39,41,46-49,51-58,60-62,64-68H,3-29,32-33,36-38,40,42-45H2,1-2H3,(H,59,63)/b31-30+,35-34+,41-39+. The lowest BCUT2D eigenvalue weighted by Gasteiger charge is -2.46. The maximum Gasteiger partial charge on any atom is 0.220 e. The number of nitrogens with one attached hydrogen (secondary N) is 1. The number of allylic oxidation sites excluding steroid dienone is 5. The van der Waals surface area contributed by atoms with Crippen LogP contribution in [0.15, 0.2) is 36.5 Å². The Labute approximate surface area is 436 Å². The summed E-state index contributed by atoms with van der Waals surface area (Å²) in [5.41, 5.74) is 0. The lowest BCUT2D eigenvalue weighted by Crippen LogP contribution is -2.65. The Hall–Kier alpha value is -1.79. The maximum atomic E-state index is 13.0. The molecule has 2 heterocycles. The molecule has 0 aromatic carbocycles. The van der Waals surface area contributed by atoms with Crippen molar-refractivity contribution in [2.45, 2.75) is 306 Å². The van der Waals surface area contributed by atoms with Crippen LogP contribution in [-0.2, 0) is 23.7 Å². The van der Waals surface area contributed by atoms with Crippen molar-refractivity contribution >= 4 is 5.91 Å². The van der Waals surface area contributed by atoms with E-state index in [9.17, 15) is 45.6 Å². The van der Waals surface area contributed by atoms with Crippen LogP contribution in [0.5, 0.6) is 0 Å². The number of hydrogen-bond acceptors (Lipinski definition) is 13. The van der Waals surface area contributed by atoms with Crippen molar-refractivity contribution in [3.63, 3.8) is 0 Å². The van der Waals surface area contributed by atoms with E-state index < -0.39 is 86.8 Å². The third kappa shape index (κ3) is 30.1. The summed E-state index contributed by atoms with van der Waals surface area (Å²) in [6.07, 6.45) is 37.0. The number of aliphatic hydroxyl groups is 8. The van der Waals surface area contributed by atoms with Crippen LogP contribution in [-0.4, -0.2) is 140 Å². The normalized spacial score (nSPS) is 25.8. The number of ether oxygens (including phenoxy) is 4. The van der Waals surface area contributed by atoms with Crippen LogP contribution in [0.1, 0.15) is 232 Å². The van der Waals surface area contributed by atoms with Crippen molar-refractivity contribution in [3.8, 4) is 0 Å². The van der Waals surface area contributed by atoms with Crippen LogP contribution in [0, 0.1) is 0 Å². The van der Waals surface area contributed by atoms with Gasteiger partial charge in [0.15, 0.2) is 12.6 Å². The van der Waals surface area contributed by atoms with Gasteiger partial charge >= 0.3 is 0 Å². The number of rotatable bonds is 46. The van der Waals surface area contributed by atoms with Crippen LogP contribution in [0.2, 0.25) is 0 Å². The third-order valence-electron chi connectivity index (χ3n) is 14.3. The van der Waals surface area contributed by atoms with Gasteiger partial charge in [0, 0.05) is 6.42 Å². The summed E-state index contributed by atoms with van der Waals surface area (Å²) < 4.78 is 22.6. The van der Waals surface area contributed by atoms with E-state index in [1.165, 1.54) is 141 Å². The van der Waals surface area contributed by atoms with Gasteiger partial charge in [-0.1, -0.05) is 217 Å². The Morgan fingerprint density at radius 3 is 1.36 bits per heavy atom. The molecule has 422 valence electrons. The molecular weight excluding hydrogens is 919 g/mol. The van der Waals surface area contributed by atoms with Crippen LogP contribution in [0.4, 0.5) is 0 Å². The van der Waals surface area contributed by atoms with Gasteiger partial charge in [-0.15, -0.1) is 0 Å². The molecule has 72 heavy (non-hydrogen) atoms. The molecule has 0 aromatic rings. The maximum absolute atomic E-state index is 13.0. The SMILES string of the molecule is CCCCCCCCCCCCCCCCCCCCCCCC/C=C/CC/C=C/CC/C=C/C(O)C(COC1OC(CO)C(OC2OC(CO)C(O)C(O)C2O)C(O)C1O)NC(=O)CCCCCCCC. The number of hydrogen-bond donors (Lipinski definition) is 9. The summed E-state index contributed by atoms with van der Waals surface area (Å²) in [4.78, 5) is 13.0. The van der Waals surface area contributed by atoms with Gasteiger partial charge in [-0.05, 0) is 44.9 Å². The first kappa shape index (κ1) is 66.3. The Morgan fingerprint density at radius 1 is 0.486 bits per heavy atom. The summed E-state index contributed by atoms with van der Waals surface area (Å²) in [6, 6.07) is -0.932. The highest BCUT2D eigenvalue weighted by Gasteiger charge is 2.51. The summed E-state index contributed by atoms with van der Waals surface area (Å²) >= 11 is 0. The molecule has 2 rings (SSSR count). The van der Waals surface area contributed by atoms with E-state index in [4.69, 9.17) is 18.9 Å². The largest absolute Gasteiger partial charge is 0.394 e. The Bertz CT molecular complexity index is 1350. The number of amides is 1. The smallest absolute Gasteiger partial charge is 0.220 e. The van der Waals surface area contributed by atoms with E-state index in [1.807, 2.05) is 6.08 Å². The molecule has 12 atom stereocenters. The molecule has 14 nitrogen and oxygen atoms in total. The molecule has 2 aliphatic heterocycles. The van der Waals surface area contributed by atoms with Gasteiger partial charge in [0.2, 0.25) is 5.91 Å². The number of unbranched alkanes of at least 4 members (excludes halogenated alkanes) is 29. The highest BCUT2D eigenvalue weighted by molar-refractivity contribution is 5.76. The van der Waals surface area contributed by atoms with E-state index in [0.29, 0.717) is 12.8 Å². The average Bonchev–Trinajstić information content (AvgIpc) is 3.38. The first-order valence-electron chi connectivity index (χ1n) is 29.2. The lowest BCUT2D eigenvalue weighted by molar-refractivity contribution is -0.359. The molecule has 0 aliphatic carbocycles. The zero-order valence-electron chi connectivity index (χ0n) is 45.2. The Balaban J connectivity index is 1.63. The molecular formula is C58H107NO13. The molecule has 14 heteroatoms. The highest BCUT2D eigenvalue weighted by atomic mass is 16.7. The Morgan fingerprint density at radius 2 is 0.889 bits per heavy atom. The molecule has 1 amide bonds. The molecule has 0 bridgehead atoms. The quantitative estimate of drug-likeness (QED) is 0.0205. The third-order valence-corrected chi connectivity index (χ3v) is 14.3. The molecule has 0 radical (unpaired) electrons. The Kier molecular flexibility index (Phi) is 40.9. The second-order valence-electron chi connectivity index (χ2n) is 20.8. The fourth-order valence-corrected chi connectivity index (χ4v) is 9.56. The van der Waals surface area contributed by atoms with Crippen molar-refractivity contribution in [2.75, 3.05) is 19.8 Å². The van der Waals surface area contributed by atoms with Gasteiger partial charge < -0.3 is 65.1 Å². The molecule has 0 aromatic heterocycles. The summed E-state index contributed by atoms with van der Waals surface area (Å²) in [7, 11) is 0. The van der Waals surface area contributed by atoms with Gasteiger partial charge in [0.05, 0.1) is 32.0 Å². The first-order chi connectivity index (χ1) is 35.1. The predicted octanol–water partition coefficient (Wildman–Crippen LogP) is 9.44. The lowest BCUT2D eigenvalue weighted by atomic mass is 9.97. The topological polar surface area (TPSA) is 228 Å². The molecule has 0 spiro atoms. The number of carbonyl (C=O) groups excluding carboxylic acids is 1. The molecule has 0 saturated carbocycles. The minimum atomic E-state index is -1.79. The number of aliphatic hydroxyl groups excluding tert-OH is 8. The van der Waals surface area contributed by atoms with Crippen molar-refractivity contribution in [2.24, 2.45) is 0 Å². The zero-order chi connectivity index (χ0) is 52.4. The van der Waals surface area contributed by atoms with Gasteiger partial charge in [-0.3, -0.25) is 4.79 Å². The second kappa shape index (κ2) is 44.3. The van der Waals surface area contributed by atoms with Crippen LogP contribution >= 0.6 is 0 Å². The molecule has 9 N–H and O–H groups in total. The summed E-state index contributed by atoms with van der Waals surface area (Å²) in [5.74, 6) is -0.263. The van der Waals surface area contributed by atoms with E-state index in [1.54, 1.807) is 6.08 Å². The molecule has 2 fully saturated rings. The van der Waals surface area contributed by atoms with Gasteiger partial charge in [-0.25, -0.2) is 0 Å².